The van der Waals surface area contributed by atoms with Gasteiger partial charge in [0.1, 0.15) is 5.75 Å². The van der Waals surface area contributed by atoms with Crippen molar-refractivity contribution in [2.75, 3.05) is 32.0 Å². The molecule has 3 rings (SSSR count). The highest BCUT2D eigenvalue weighted by molar-refractivity contribution is 8.14. The zero-order chi connectivity index (χ0) is 29.5. The SMILES string of the molecule is C/C=C(/C)N=C(SCCCOc1ccc(S(=O)(=O)C2(C(N)=O)CCN(CC)CC2)cc1)C1CC1.C=CC.CC. The Hall–Kier alpha value is -2.10. The molecule has 2 fully saturated rings. The van der Waals surface area contributed by atoms with Crippen molar-refractivity contribution in [3.05, 3.63) is 48.7 Å². The number of piperidine rings is 1. The number of likely N-dealkylation sites (tertiary alicyclic amines) is 1. The fraction of sp³-hybridized carbons (Fsp3) is 0.600. The Morgan fingerprint density at radius 3 is 2.23 bits per heavy atom. The average Bonchev–Trinajstić information content (AvgIpc) is 3.79. The predicted octanol–water partition coefficient (Wildman–Crippen LogP) is 6.25. The zero-order valence-electron chi connectivity index (χ0n) is 24.7. The third-order valence-corrected chi connectivity index (χ3v) is 10.4. The van der Waals surface area contributed by atoms with Crippen molar-refractivity contribution >= 4 is 32.6 Å². The van der Waals surface area contributed by atoms with Gasteiger partial charge in [0.2, 0.25) is 5.91 Å². The number of aliphatic imine (C=N–C) groups is 1. The fourth-order valence-corrected chi connectivity index (χ4v) is 7.14. The molecule has 0 bridgehead atoms. The van der Waals surface area contributed by atoms with Crippen LogP contribution in [0.3, 0.4) is 0 Å². The van der Waals surface area contributed by atoms with Crippen LogP contribution in [0.4, 0.5) is 0 Å². The van der Waals surface area contributed by atoms with Crippen molar-refractivity contribution in [2.45, 2.75) is 83.3 Å². The zero-order valence-corrected chi connectivity index (χ0v) is 26.4. The van der Waals surface area contributed by atoms with Gasteiger partial charge >= 0.3 is 0 Å². The van der Waals surface area contributed by atoms with Gasteiger partial charge in [0, 0.05) is 30.5 Å². The smallest absolute Gasteiger partial charge is 0.239 e. The summed E-state index contributed by atoms with van der Waals surface area (Å²) < 4.78 is 31.1. The number of amides is 1. The van der Waals surface area contributed by atoms with Crippen molar-refractivity contribution in [2.24, 2.45) is 16.6 Å². The minimum atomic E-state index is -3.90. The van der Waals surface area contributed by atoms with Crippen molar-refractivity contribution in [1.29, 1.82) is 0 Å². The molecule has 1 heterocycles. The fourth-order valence-electron chi connectivity index (χ4n) is 4.05. The second-order valence-corrected chi connectivity index (χ2v) is 12.8. The van der Waals surface area contributed by atoms with Gasteiger partial charge in [-0.15, -0.1) is 18.3 Å². The van der Waals surface area contributed by atoms with Gasteiger partial charge < -0.3 is 15.4 Å². The molecule has 0 spiro atoms. The standard InChI is InChI=1S/C25H37N3O4S2.C3H6.C2H6/c1-4-19(3)27-23(20-7-8-20)33-18-6-17-32-21-9-11-22(12-10-21)34(30,31)25(24(26)29)13-15-28(5-2)16-14-25;1-3-2;1-2/h4,9-12,20H,5-8,13-18H2,1-3H3,(H2,26,29);3H,1H2,2H3;1-2H3/b19-4-,27-23?;;. The largest absolute Gasteiger partial charge is 0.494 e. The van der Waals surface area contributed by atoms with E-state index in [1.54, 1.807) is 30.0 Å². The van der Waals surface area contributed by atoms with E-state index >= 15 is 0 Å². The number of sulfone groups is 1. The van der Waals surface area contributed by atoms with Crippen molar-refractivity contribution in [1.82, 2.24) is 4.90 Å². The van der Waals surface area contributed by atoms with Crippen LogP contribution >= 0.6 is 11.8 Å². The van der Waals surface area contributed by atoms with Crippen LogP contribution in [0.1, 0.15) is 73.6 Å². The maximum Gasteiger partial charge on any atom is 0.239 e. The molecule has 1 aromatic rings. The normalized spacial score (nSPS) is 17.7. The summed E-state index contributed by atoms with van der Waals surface area (Å²) in [4.78, 5) is 19.3. The average molecular weight is 580 g/mol. The lowest BCUT2D eigenvalue weighted by Gasteiger charge is -2.38. The van der Waals surface area contributed by atoms with Crippen LogP contribution in [-0.2, 0) is 14.6 Å². The Kier molecular flexibility index (Phi) is 15.7. The third kappa shape index (κ3) is 10.1. The Morgan fingerprint density at radius 2 is 1.77 bits per heavy atom. The van der Waals surface area contributed by atoms with E-state index in [1.807, 2.05) is 47.6 Å². The van der Waals surface area contributed by atoms with Gasteiger partial charge in [0.15, 0.2) is 14.6 Å². The monoisotopic (exact) mass is 579 g/mol. The summed E-state index contributed by atoms with van der Waals surface area (Å²) in [7, 11) is -3.90. The number of benzene rings is 1. The van der Waals surface area contributed by atoms with Crippen LogP contribution in [0.15, 0.2) is 58.6 Å². The van der Waals surface area contributed by atoms with Gasteiger partial charge in [0.25, 0.3) is 0 Å². The highest BCUT2D eigenvalue weighted by atomic mass is 32.2. The molecule has 9 heteroatoms. The molecule has 2 N–H and O–H groups in total. The van der Waals surface area contributed by atoms with Gasteiger partial charge in [-0.25, -0.2) is 8.42 Å². The molecule has 0 unspecified atom stereocenters. The molecule has 7 nitrogen and oxygen atoms in total. The second-order valence-electron chi connectivity index (χ2n) is 9.38. The number of primary amides is 1. The van der Waals surface area contributed by atoms with Crippen molar-refractivity contribution in [3.63, 3.8) is 0 Å². The minimum absolute atomic E-state index is 0.115. The third-order valence-electron chi connectivity index (χ3n) is 6.65. The molecule has 39 heavy (non-hydrogen) atoms. The maximum atomic E-state index is 13.4. The van der Waals surface area contributed by atoms with Gasteiger partial charge in [-0.3, -0.25) is 9.79 Å². The van der Waals surface area contributed by atoms with Gasteiger partial charge in [-0.1, -0.05) is 32.9 Å². The number of hydrogen-bond donors (Lipinski definition) is 1. The Balaban J connectivity index is 0.00000142. The molecule has 0 atom stereocenters. The lowest BCUT2D eigenvalue weighted by molar-refractivity contribution is -0.121. The van der Waals surface area contributed by atoms with E-state index in [9.17, 15) is 13.2 Å². The summed E-state index contributed by atoms with van der Waals surface area (Å²) in [6.45, 7) is 17.7. The van der Waals surface area contributed by atoms with E-state index < -0.39 is 20.5 Å². The number of carbonyl (C=O) groups excluding carboxylic acids is 1. The molecule has 1 saturated heterocycles. The van der Waals surface area contributed by atoms with Gasteiger partial charge in [-0.05, 0) is 83.7 Å². The number of thioether (sulfide) groups is 1. The summed E-state index contributed by atoms with van der Waals surface area (Å²) >= 11 is 1.80. The predicted molar refractivity (Wildman–Crippen MR) is 166 cm³/mol. The number of nitrogens with zero attached hydrogens (tertiary/aromatic N) is 2. The Labute approximate surface area is 241 Å². The summed E-state index contributed by atoms with van der Waals surface area (Å²) in [6, 6.07) is 6.35. The van der Waals surface area contributed by atoms with Crippen LogP contribution in [0.25, 0.3) is 0 Å². The summed E-state index contributed by atoms with van der Waals surface area (Å²) in [5, 5.41) is 1.22. The van der Waals surface area contributed by atoms with Crippen molar-refractivity contribution < 1.29 is 17.9 Å². The number of ether oxygens (including phenoxy) is 1. The van der Waals surface area contributed by atoms with E-state index in [1.165, 1.54) is 30.0 Å². The molecule has 1 amide bonds. The van der Waals surface area contributed by atoms with E-state index in [0.29, 0.717) is 31.4 Å². The van der Waals surface area contributed by atoms with Crippen LogP contribution in [0.5, 0.6) is 5.75 Å². The molecule has 0 aromatic heterocycles. The van der Waals surface area contributed by atoms with E-state index in [0.717, 1.165) is 24.4 Å². The van der Waals surface area contributed by atoms with Gasteiger partial charge in [0.05, 0.1) is 16.5 Å². The maximum absolute atomic E-state index is 13.4. The number of hydrogen-bond acceptors (Lipinski definition) is 7. The lowest BCUT2D eigenvalue weighted by Crippen LogP contribution is -2.56. The summed E-state index contributed by atoms with van der Waals surface area (Å²) in [5.74, 6) is 1.39. The molecule has 1 aromatic carbocycles. The van der Waals surface area contributed by atoms with Crippen LogP contribution < -0.4 is 10.5 Å². The molecule has 2 aliphatic rings. The summed E-state index contributed by atoms with van der Waals surface area (Å²) in [6.07, 6.45) is 7.52. The minimum Gasteiger partial charge on any atom is -0.494 e. The Morgan fingerprint density at radius 1 is 1.21 bits per heavy atom. The Bertz CT molecular complexity index is 1050. The van der Waals surface area contributed by atoms with Crippen LogP contribution in [0, 0.1) is 5.92 Å². The second kappa shape index (κ2) is 17.6. The molecule has 1 aliphatic heterocycles. The highest BCUT2D eigenvalue weighted by Gasteiger charge is 2.51. The van der Waals surface area contributed by atoms with Crippen LogP contribution in [-0.4, -0.2) is 61.0 Å². The number of carbonyl (C=O) groups is 1. The van der Waals surface area contributed by atoms with E-state index in [4.69, 9.17) is 15.5 Å². The number of rotatable bonds is 11. The van der Waals surface area contributed by atoms with E-state index in [2.05, 4.69) is 11.5 Å². The molecule has 1 saturated carbocycles. The first kappa shape index (κ1) is 34.9. The molecule has 220 valence electrons. The lowest BCUT2D eigenvalue weighted by atomic mass is 9.95. The molecule has 0 radical (unpaired) electrons. The van der Waals surface area contributed by atoms with Crippen LogP contribution in [0.2, 0.25) is 0 Å². The van der Waals surface area contributed by atoms with E-state index in [-0.39, 0.29) is 17.7 Å². The summed E-state index contributed by atoms with van der Waals surface area (Å²) in [5.41, 5.74) is 6.69. The molecular formula is C30H49N3O4S2. The quantitative estimate of drug-likeness (QED) is 0.144. The van der Waals surface area contributed by atoms with Crippen molar-refractivity contribution in [3.8, 4) is 5.75 Å². The highest BCUT2D eigenvalue weighted by Crippen LogP contribution is 2.37. The first-order chi connectivity index (χ1) is 18.6. The molecular weight excluding hydrogens is 530 g/mol. The number of nitrogens with two attached hydrogens (primary N) is 1. The first-order valence-corrected chi connectivity index (χ1v) is 16.5. The van der Waals surface area contributed by atoms with Gasteiger partial charge in [-0.2, -0.15) is 0 Å². The first-order valence-electron chi connectivity index (χ1n) is 14.1. The topological polar surface area (TPSA) is 102 Å². The molecule has 1 aliphatic carbocycles. The number of allylic oxidation sites excluding steroid dienone is 3.